The van der Waals surface area contributed by atoms with E-state index in [1.807, 2.05) is 30.5 Å². The average molecular weight is 364 g/mol. The van der Waals surface area contributed by atoms with Crippen LogP contribution in [0.3, 0.4) is 0 Å². The maximum absolute atomic E-state index is 12.2. The van der Waals surface area contributed by atoms with Gasteiger partial charge in [0.15, 0.2) is 6.61 Å². The number of ether oxygens (including phenoxy) is 1. The van der Waals surface area contributed by atoms with Gasteiger partial charge in [-0.2, -0.15) is 0 Å². The Morgan fingerprint density at radius 3 is 3.04 bits per heavy atom. The van der Waals surface area contributed by atoms with Gasteiger partial charge in [0.1, 0.15) is 4.88 Å². The van der Waals surface area contributed by atoms with E-state index in [0.29, 0.717) is 10.8 Å². The largest absolute Gasteiger partial charge is 0.451 e. The minimum Gasteiger partial charge on any atom is -0.451 e. The van der Waals surface area contributed by atoms with E-state index in [9.17, 15) is 9.59 Å². The number of hydrogen-bond donors (Lipinski definition) is 1. The first-order valence-corrected chi connectivity index (χ1v) is 9.84. The van der Waals surface area contributed by atoms with Gasteiger partial charge in [-0.15, -0.1) is 22.7 Å². The average Bonchev–Trinajstić information content (AvgIpc) is 3.21. The first-order chi connectivity index (χ1) is 11.5. The van der Waals surface area contributed by atoms with Crippen LogP contribution < -0.4 is 5.32 Å². The Kier molecular flexibility index (Phi) is 5.36. The van der Waals surface area contributed by atoms with Crippen LogP contribution in [0.5, 0.6) is 0 Å². The highest BCUT2D eigenvalue weighted by Crippen LogP contribution is 2.32. The molecular weight excluding hydrogens is 342 g/mol. The van der Waals surface area contributed by atoms with E-state index < -0.39 is 5.97 Å². The molecule has 0 aromatic carbocycles. The molecule has 128 valence electrons. The van der Waals surface area contributed by atoms with Crippen LogP contribution in [0.4, 0.5) is 0 Å². The number of aryl methyl sites for hydroxylation is 1. The smallest absolute Gasteiger partial charge is 0.348 e. The van der Waals surface area contributed by atoms with Gasteiger partial charge in [0.25, 0.3) is 5.91 Å². The molecule has 6 heteroatoms. The van der Waals surface area contributed by atoms with Gasteiger partial charge in [-0.05, 0) is 55.2 Å². The van der Waals surface area contributed by atoms with Crippen molar-refractivity contribution in [2.24, 2.45) is 5.92 Å². The molecule has 3 rings (SSSR count). The molecule has 2 aromatic heterocycles. The Morgan fingerprint density at radius 1 is 1.46 bits per heavy atom. The van der Waals surface area contributed by atoms with Crippen LogP contribution in [0.2, 0.25) is 0 Å². The van der Waals surface area contributed by atoms with Crippen molar-refractivity contribution in [1.29, 1.82) is 0 Å². The summed E-state index contributed by atoms with van der Waals surface area (Å²) in [5.41, 5.74) is 1.27. The SMILES string of the molecule is C[C@@H]1CCc2sc(C(=O)OCC(=O)N[C@H](C)c3cccs3)cc2C1. The van der Waals surface area contributed by atoms with E-state index in [1.54, 1.807) is 11.3 Å². The normalized spacial score (nSPS) is 17.8. The number of carbonyl (C=O) groups is 2. The summed E-state index contributed by atoms with van der Waals surface area (Å²) in [6.07, 6.45) is 3.23. The summed E-state index contributed by atoms with van der Waals surface area (Å²) in [5, 5.41) is 4.81. The topological polar surface area (TPSA) is 55.4 Å². The number of esters is 1. The van der Waals surface area contributed by atoms with Gasteiger partial charge in [-0.25, -0.2) is 4.79 Å². The highest BCUT2D eigenvalue weighted by atomic mass is 32.1. The van der Waals surface area contributed by atoms with E-state index in [4.69, 9.17) is 4.74 Å². The van der Waals surface area contributed by atoms with Crippen molar-refractivity contribution in [1.82, 2.24) is 5.32 Å². The molecular formula is C18H21NO3S2. The predicted molar refractivity (Wildman–Crippen MR) is 96.7 cm³/mol. The lowest BCUT2D eigenvalue weighted by atomic mass is 9.90. The Bertz CT molecular complexity index is 721. The van der Waals surface area contributed by atoms with Gasteiger partial charge in [0, 0.05) is 9.75 Å². The molecule has 1 amide bonds. The highest BCUT2D eigenvalue weighted by Gasteiger charge is 2.22. The van der Waals surface area contributed by atoms with Crippen molar-refractivity contribution in [2.75, 3.05) is 6.61 Å². The second-order valence-corrected chi connectivity index (χ2v) is 8.40. The second kappa shape index (κ2) is 7.49. The molecule has 2 heterocycles. The number of nitrogens with one attached hydrogen (secondary N) is 1. The van der Waals surface area contributed by atoms with Crippen molar-refractivity contribution >= 4 is 34.6 Å². The van der Waals surface area contributed by atoms with Crippen LogP contribution in [0, 0.1) is 5.92 Å². The number of amides is 1. The van der Waals surface area contributed by atoms with E-state index in [2.05, 4.69) is 12.2 Å². The Hall–Kier alpha value is -1.66. The zero-order valence-electron chi connectivity index (χ0n) is 13.8. The molecule has 0 saturated carbocycles. The molecule has 0 bridgehead atoms. The first kappa shape index (κ1) is 17.2. The van der Waals surface area contributed by atoms with E-state index in [0.717, 1.165) is 17.7 Å². The van der Waals surface area contributed by atoms with Crippen molar-refractivity contribution in [3.05, 3.63) is 43.8 Å². The fourth-order valence-electron chi connectivity index (χ4n) is 2.90. The first-order valence-electron chi connectivity index (χ1n) is 8.14. The quantitative estimate of drug-likeness (QED) is 0.818. The summed E-state index contributed by atoms with van der Waals surface area (Å²) >= 11 is 3.09. The third-order valence-electron chi connectivity index (χ3n) is 4.21. The third-order valence-corrected chi connectivity index (χ3v) is 6.48. The minimum absolute atomic E-state index is 0.0771. The van der Waals surface area contributed by atoms with Crippen molar-refractivity contribution in [3.63, 3.8) is 0 Å². The van der Waals surface area contributed by atoms with Crippen LogP contribution in [0.25, 0.3) is 0 Å². The van der Waals surface area contributed by atoms with Gasteiger partial charge in [-0.1, -0.05) is 13.0 Å². The predicted octanol–water partition coefficient (Wildman–Crippen LogP) is 3.97. The molecule has 1 aliphatic rings. The molecule has 1 aliphatic carbocycles. The van der Waals surface area contributed by atoms with Crippen molar-refractivity contribution in [3.8, 4) is 0 Å². The molecule has 0 saturated heterocycles. The Balaban J connectivity index is 1.51. The standard InChI is InChI=1S/C18H21NO3S2/c1-11-5-6-15-13(8-11)9-16(24-15)18(21)22-10-17(20)19-12(2)14-4-3-7-23-14/h3-4,7,9,11-12H,5-6,8,10H2,1-2H3,(H,19,20)/t11-,12-/m1/s1. The lowest BCUT2D eigenvalue weighted by Gasteiger charge is -2.16. The number of rotatable bonds is 5. The molecule has 24 heavy (non-hydrogen) atoms. The van der Waals surface area contributed by atoms with Gasteiger partial charge in [-0.3, -0.25) is 4.79 Å². The van der Waals surface area contributed by atoms with Crippen LogP contribution in [0.15, 0.2) is 23.6 Å². The van der Waals surface area contributed by atoms with E-state index in [1.165, 1.54) is 28.2 Å². The number of hydrogen-bond acceptors (Lipinski definition) is 5. The van der Waals surface area contributed by atoms with Crippen LogP contribution >= 0.6 is 22.7 Å². The van der Waals surface area contributed by atoms with Crippen molar-refractivity contribution < 1.29 is 14.3 Å². The van der Waals surface area contributed by atoms with Gasteiger partial charge < -0.3 is 10.1 Å². The third kappa shape index (κ3) is 4.05. The maximum atomic E-state index is 12.2. The molecule has 0 spiro atoms. The van der Waals surface area contributed by atoms with Crippen LogP contribution in [0.1, 0.15) is 51.3 Å². The van der Waals surface area contributed by atoms with Crippen LogP contribution in [-0.4, -0.2) is 18.5 Å². The van der Waals surface area contributed by atoms with E-state index >= 15 is 0 Å². The second-order valence-electron chi connectivity index (χ2n) is 6.29. The molecule has 1 N–H and O–H groups in total. The Morgan fingerprint density at radius 2 is 2.29 bits per heavy atom. The molecule has 2 aromatic rings. The minimum atomic E-state index is -0.402. The summed E-state index contributed by atoms with van der Waals surface area (Å²) in [4.78, 5) is 27.1. The fraction of sp³-hybridized carbons (Fsp3) is 0.444. The summed E-state index contributed by atoms with van der Waals surface area (Å²) in [6, 6.07) is 5.78. The lowest BCUT2D eigenvalue weighted by molar-refractivity contribution is -0.124. The number of carbonyl (C=O) groups excluding carboxylic acids is 2. The number of fused-ring (bicyclic) bond motifs is 1. The fourth-order valence-corrected chi connectivity index (χ4v) is 4.74. The summed E-state index contributed by atoms with van der Waals surface area (Å²) in [5.74, 6) is -0.0133. The zero-order valence-corrected chi connectivity index (χ0v) is 15.5. The summed E-state index contributed by atoms with van der Waals surface area (Å²) in [6.45, 7) is 3.91. The van der Waals surface area contributed by atoms with E-state index in [-0.39, 0.29) is 18.6 Å². The lowest BCUT2D eigenvalue weighted by Crippen LogP contribution is -2.30. The molecule has 0 fully saturated rings. The summed E-state index contributed by atoms with van der Waals surface area (Å²) < 4.78 is 5.18. The van der Waals surface area contributed by atoms with Crippen LogP contribution in [-0.2, 0) is 22.4 Å². The zero-order chi connectivity index (χ0) is 17.1. The Labute approximate surface area is 149 Å². The van der Waals surface area contributed by atoms with Gasteiger partial charge in [0.05, 0.1) is 6.04 Å². The molecule has 0 radical (unpaired) electrons. The molecule has 4 nitrogen and oxygen atoms in total. The van der Waals surface area contributed by atoms with Gasteiger partial charge >= 0.3 is 5.97 Å². The number of thiophene rings is 2. The highest BCUT2D eigenvalue weighted by molar-refractivity contribution is 7.14. The molecule has 0 aliphatic heterocycles. The van der Waals surface area contributed by atoms with Gasteiger partial charge in [0.2, 0.25) is 0 Å². The molecule has 2 atom stereocenters. The monoisotopic (exact) mass is 363 g/mol. The summed E-state index contributed by atoms with van der Waals surface area (Å²) in [7, 11) is 0. The maximum Gasteiger partial charge on any atom is 0.348 e. The molecule has 0 unspecified atom stereocenters. The van der Waals surface area contributed by atoms with Crippen molar-refractivity contribution in [2.45, 2.75) is 39.2 Å².